The van der Waals surface area contributed by atoms with Crippen molar-refractivity contribution in [2.24, 2.45) is 0 Å². The maximum Gasteiger partial charge on any atom is 0.268 e. The van der Waals surface area contributed by atoms with Crippen LogP contribution in [0.4, 0.5) is 11.4 Å². The molecule has 0 aromatic heterocycles. The number of hydrogen-bond acceptors (Lipinski definition) is 6. The van der Waals surface area contributed by atoms with Crippen molar-refractivity contribution in [3.63, 3.8) is 0 Å². The number of piperazine rings is 1. The van der Waals surface area contributed by atoms with Crippen molar-refractivity contribution in [3.05, 3.63) is 77.3 Å². The molecule has 1 fully saturated rings. The van der Waals surface area contributed by atoms with Crippen LogP contribution < -0.4 is 18.7 Å². The molecule has 1 heterocycles. The number of nitrogens with zero attached hydrogens (tertiary/aromatic N) is 3. The molecule has 3 aromatic rings. The average Bonchev–Trinajstić information content (AvgIpc) is 2.91. The first-order chi connectivity index (χ1) is 17.7. The number of aryl methyl sites for hydroxylation is 1. The van der Waals surface area contributed by atoms with Crippen molar-refractivity contribution >= 4 is 38.9 Å². The van der Waals surface area contributed by atoms with Gasteiger partial charge in [0.2, 0.25) is 5.91 Å². The first kappa shape index (κ1) is 26.6. The third-order valence-electron chi connectivity index (χ3n) is 6.33. The van der Waals surface area contributed by atoms with Crippen LogP contribution >= 0.6 is 11.6 Å². The van der Waals surface area contributed by atoms with Gasteiger partial charge in [-0.3, -0.25) is 9.10 Å². The fourth-order valence-electron chi connectivity index (χ4n) is 4.28. The molecule has 1 amide bonds. The van der Waals surface area contributed by atoms with Crippen LogP contribution in [-0.4, -0.2) is 66.2 Å². The molecule has 196 valence electrons. The van der Waals surface area contributed by atoms with Gasteiger partial charge in [-0.15, -0.1) is 0 Å². The van der Waals surface area contributed by atoms with Crippen molar-refractivity contribution in [2.45, 2.75) is 11.8 Å². The highest BCUT2D eigenvalue weighted by atomic mass is 35.5. The predicted octanol–water partition coefficient (Wildman–Crippen LogP) is 4.21. The van der Waals surface area contributed by atoms with E-state index in [1.165, 1.54) is 14.2 Å². The van der Waals surface area contributed by atoms with E-state index in [-0.39, 0.29) is 23.1 Å². The summed E-state index contributed by atoms with van der Waals surface area (Å²) in [6.07, 6.45) is 0. The quantitative estimate of drug-likeness (QED) is 0.423. The third-order valence-corrected chi connectivity index (χ3v) is 8.36. The second kappa shape index (κ2) is 11.3. The van der Waals surface area contributed by atoms with Gasteiger partial charge in [0.1, 0.15) is 22.9 Å². The van der Waals surface area contributed by atoms with Gasteiger partial charge < -0.3 is 19.3 Å². The standard InChI is InChI=1S/C27H30ClN3O5S/c1-20-7-12-25(36-3)26(17-20)37(33,34)31(22-8-10-24(35-2)11-9-22)19-27(32)30-15-13-29(14-16-30)23-6-4-5-21(28)18-23/h4-12,17-18H,13-16,19H2,1-3H3. The van der Waals surface area contributed by atoms with E-state index in [2.05, 4.69) is 4.90 Å². The van der Waals surface area contributed by atoms with Crippen LogP contribution in [0.1, 0.15) is 5.56 Å². The smallest absolute Gasteiger partial charge is 0.268 e. The zero-order valence-corrected chi connectivity index (χ0v) is 22.6. The zero-order chi connectivity index (χ0) is 26.6. The van der Waals surface area contributed by atoms with Crippen molar-refractivity contribution in [1.82, 2.24) is 4.90 Å². The number of carbonyl (C=O) groups is 1. The second-order valence-corrected chi connectivity index (χ2v) is 11.0. The normalized spacial score (nSPS) is 13.8. The summed E-state index contributed by atoms with van der Waals surface area (Å²) in [6, 6.07) is 19.1. The summed E-state index contributed by atoms with van der Waals surface area (Å²) in [5.74, 6) is 0.515. The third kappa shape index (κ3) is 5.94. The summed E-state index contributed by atoms with van der Waals surface area (Å²) in [7, 11) is -1.18. The first-order valence-corrected chi connectivity index (χ1v) is 13.6. The Morgan fingerprint density at radius 3 is 2.27 bits per heavy atom. The summed E-state index contributed by atoms with van der Waals surface area (Å²) >= 11 is 6.13. The zero-order valence-electron chi connectivity index (χ0n) is 21.1. The summed E-state index contributed by atoms with van der Waals surface area (Å²) in [5, 5.41) is 0.655. The minimum atomic E-state index is -4.14. The molecular weight excluding hydrogens is 514 g/mol. The Balaban J connectivity index is 1.59. The van der Waals surface area contributed by atoms with Gasteiger partial charge in [0, 0.05) is 36.9 Å². The highest BCUT2D eigenvalue weighted by Gasteiger charge is 2.32. The van der Waals surface area contributed by atoms with Crippen LogP contribution in [-0.2, 0) is 14.8 Å². The van der Waals surface area contributed by atoms with E-state index in [4.69, 9.17) is 21.1 Å². The molecule has 1 saturated heterocycles. The molecule has 0 bridgehead atoms. The van der Waals surface area contributed by atoms with Gasteiger partial charge in [-0.25, -0.2) is 8.42 Å². The molecule has 0 saturated carbocycles. The lowest BCUT2D eigenvalue weighted by atomic mass is 10.2. The highest BCUT2D eigenvalue weighted by Crippen LogP contribution is 2.32. The minimum Gasteiger partial charge on any atom is -0.497 e. The summed E-state index contributed by atoms with van der Waals surface area (Å²) < 4.78 is 39.6. The van der Waals surface area contributed by atoms with E-state index >= 15 is 0 Å². The van der Waals surface area contributed by atoms with Gasteiger partial charge in [0.05, 0.1) is 19.9 Å². The van der Waals surface area contributed by atoms with Gasteiger partial charge in [0.15, 0.2) is 0 Å². The van der Waals surface area contributed by atoms with E-state index in [0.717, 1.165) is 15.6 Å². The van der Waals surface area contributed by atoms with E-state index < -0.39 is 10.0 Å². The Labute approximate surface area is 223 Å². The van der Waals surface area contributed by atoms with Crippen LogP contribution in [0.25, 0.3) is 0 Å². The maximum atomic E-state index is 13.9. The Morgan fingerprint density at radius 2 is 1.65 bits per heavy atom. The number of hydrogen-bond donors (Lipinski definition) is 0. The van der Waals surface area contributed by atoms with Gasteiger partial charge >= 0.3 is 0 Å². The fraction of sp³-hybridized carbons (Fsp3) is 0.296. The number of carbonyl (C=O) groups excluding carboxylic acids is 1. The molecule has 1 aliphatic heterocycles. The fourth-order valence-corrected chi connectivity index (χ4v) is 6.12. The second-order valence-electron chi connectivity index (χ2n) is 8.71. The predicted molar refractivity (Wildman–Crippen MR) is 146 cm³/mol. The van der Waals surface area contributed by atoms with E-state index in [1.54, 1.807) is 54.3 Å². The van der Waals surface area contributed by atoms with Gasteiger partial charge in [-0.1, -0.05) is 23.7 Å². The number of halogens is 1. The lowest BCUT2D eigenvalue weighted by Crippen LogP contribution is -2.52. The number of ether oxygens (including phenoxy) is 2. The number of benzene rings is 3. The molecule has 37 heavy (non-hydrogen) atoms. The Kier molecular flexibility index (Phi) is 8.14. The van der Waals surface area contributed by atoms with Gasteiger partial charge in [-0.2, -0.15) is 0 Å². The van der Waals surface area contributed by atoms with Crippen molar-refractivity contribution in [2.75, 3.05) is 56.1 Å². The number of sulfonamides is 1. The molecule has 0 aliphatic carbocycles. The van der Waals surface area contributed by atoms with Crippen LogP contribution in [0, 0.1) is 6.92 Å². The topological polar surface area (TPSA) is 79.4 Å². The average molecular weight is 544 g/mol. The number of rotatable bonds is 8. The van der Waals surface area contributed by atoms with Gasteiger partial charge in [-0.05, 0) is 67.1 Å². The van der Waals surface area contributed by atoms with E-state index in [9.17, 15) is 13.2 Å². The molecule has 0 N–H and O–H groups in total. The lowest BCUT2D eigenvalue weighted by Gasteiger charge is -2.37. The van der Waals surface area contributed by atoms with Crippen LogP contribution in [0.5, 0.6) is 11.5 Å². The van der Waals surface area contributed by atoms with Crippen molar-refractivity contribution in [3.8, 4) is 11.5 Å². The molecular formula is C27H30ClN3O5S. The molecule has 0 spiro atoms. The van der Waals surface area contributed by atoms with Crippen LogP contribution in [0.3, 0.4) is 0 Å². The summed E-state index contributed by atoms with van der Waals surface area (Å²) in [5.41, 5.74) is 2.11. The molecule has 1 aliphatic rings. The van der Waals surface area contributed by atoms with Crippen molar-refractivity contribution < 1.29 is 22.7 Å². The Hall–Kier alpha value is -3.43. The lowest BCUT2D eigenvalue weighted by molar-refractivity contribution is -0.129. The molecule has 0 atom stereocenters. The molecule has 10 heteroatoms. The highest BCUT2D eigenvalue weighted by molar-refractivity contribution is 7.93. The Morgan fingerprint density at radius 1 is 0.946 bits per heavy atom. The Bertz CT molecular complexity index is 1360. The molecule has 4 rings (SSSR count). The van der Waals surface area contributed by atoms with Crippen molar-refractivity contribution in [1.29, 1.82) is 0 Å². The molecule has 3 aromatic carbocycles. The van der Waals surface area contributed by atoms with Crippen LogP contribution in [0.2, 0.25) is 5.02 Å². The minimum absolute atomic E-state index is 0.00407. The summed E-state index contributed by atoms with van der Waals surface area (Å²) in [4.78, 5) is 17.3. The van der Waals surface area contributed by atoms with Crippen LogP contribution in [0.15, 0.2) is 71.6 Å². The molecule has 0 unspecified atom stereocenters. The van der Waals surface area contributed by atoms with Gasteiger partial charge in [0.25, 0.3) is 10.0 Å². The largest absolute Gasteiger partial charge is 0.497 e. The number of methoxy groups -OCH3 is 2. The molecule has 8 nitrogen and oxygen atoms in total. The molecule has 0 radical (unpaired) electrons. The maximum absolute atomic E-state index is 13.9. The number of anilines is 2. The summed E-state index contributed by atoms with van der Waals surface area (Å²) in [6.45, 7) is 3.63. The van der Waals surface area contributed by atoms with E-state index in [0.29, 0.717) is 42.6 Å². The first-order valence-electron chi connectivity index (χ1n) is 11.8. The van der Waals surface area contributed by atoms with E-state index in [1.807, 2.05) is 24.3 Å². The number of amides is 1. The monoisotopic (exact) mass is 543 g/mol. The SMILES string of the molecule is COc1ccc(N(CC(=O)N2CCN(c3cccc(Cl)c3)CC2)S(=O)(=O)c2cc(C)ccc2OC)cc1.